The number of rotatable bonds is 6. The molecule has 3 aromatic heterocycles. The Morgan fingerprint density at radius 3 is 2.55 bits per heavy atom. The Labute approximate surface area is 194 Å². The van der Waals surface area contributed by atoms with Gasteiger partial charge in [-0.3, -0.25) is 9.78 Å². The van der Waals surface area contributed by atoms with E-state index in [1.54, 1.807) is 0 Å². The van der Waals surface area contributed by atoms with Crippen LogP contribution >= 0.6 is 0 Å². The van der Waals surface area contributed by atoms with Crippen LogP contribution in [0.2, 0.25) is 0 Å². The van der Waals surface area contributed by atoms with Gasteiger partial charge in [0, 0.05) is 42.5 Å². The van der Waals surface area contributed by atoms with Crippen LogP contribution in [-0.2, 0) is 6.42 Å². The lowest BCUT2D eigenvalue weighted by Crippen LogP contribution is -2.27. The van der Waals surface area contributed by atoms with E-state index in [9.17, 15) is 4.79 Å². The third-order valence-electron chi connectivity index (χ3n) is 6.63. The zero-order valence-electron chi connectivity index (χ0n) is 19.7. The summed E-state index contributed by atoms with van der Waals surface area (Å²) in [4.78, 5) is 22.3. The second-order valence-electron chi connectivity index (χ2n) is 9.48. The fraction of sp³-hybridized carbons (Fsp3) is 0.321. The molecule has 0 aliphatic heterocycles. The van der Waals surface area contributed by atoms with Crippen LogP contribution in [0.25, 0.3) is 5.69 Å². The van der Waals surface area contributed by atoms with Crippen LogP contribution in [0.15, 0.2) is 66.2 Å². The van der Waals surface area contributed by atoms with Gasteiger partial charge < -0.3 is 9.13 Å². The highest BCUT2D eigenvalue weighted by molar-refractivity contribution is 5.44. The average Bonchev–Trinajstić information content (AvgIpc) is 3.55. The molecule has 5 nitrogen and oxygen atoms in total. The molecule has 4 aromatic rings. The van der Waals surface area contributed by atoms with Crippen molar-refractivity contribution in [2.24, 2.45) is 0 Å². The summed E-state index contributed by atoms with van der Waals surface area (Å²) in [6.45, 7) is 8.23. The van der Waals surface area contributed by atoms with E-state index < -0.39 is 0 Å². The largest absolute Gasteiger partial charge is 0.308 e. The van der Waals surface area contributed by atoms with E-state index in [1.165, 1.54) is 24.0 Å². The predicted molar refractivity (Wildman–Crippen MR) is 131 cm³/mol. The second-order valence-corrected chi connectivity index (χ2v) is 9.48. The summed E-state index contributed by atoms with van der Waals surface area (Å²) in [5.74, 6) is 0.576. The minimum Gasteiger partial charge on any atom is -0.308 e. The fourth-order valence-corrected chi connectivity index (χ4v) is 4.60. The van der Waals surface area contributed by atoms with Crippen molar-refractivity contribution >= 4 is 0 Å². The van der Waals surface area contributed by atoms with Gasteiger partial charge in [-0.25, -0.2) is 4.98 Å². The number of hydrogen-bond donors (Lipinski definition) is 0. The van der Waals surface area contributed by atoms with Gasteiger partial charge in [-0.2, -0.15) is 0 Å². The van der Waals surface area contributed by atoms with Crippen molar-refractivity contribution in [3.8, 4) is 5.69 Å². The van der Waals surface area contributed by atoms with E-state index in [2.05, 4.69) is 60.3 Å². The highest BCUT2D eigenvalue weighted by atomic mass is 16.1. The Bertz CT molecular complexity index is 1380. The SMILES string of the molecule is Cc1cncc([C@H](C)n2cc(C3CC3)cc(Cc3ccc(-n4cnc(C)c4)c(C)c3)c2=O)c1. The number of pyridine rings is 2. The van der Waals surface area contributed by atoms with E-state index in [0.29, 0.717) is 12.3 Å². The van der Waals surface area contributed by atoms with Crippen molar-refractivity contribution < 1.29 is 0 Å². The van der Waals surface area contributed by atoms with Gasteiger partial charge >= 0.3 is 0 Å². The number of imidazole rings is 1. The Hall–Kier alpha value is -3.47. The topological polar surface area (TPSA) is 52.7 Å². The van der Waals surface area contributed by atoms with Gasteiger partial charge in [-0.05, 0) is 86.4 Å². The molecule has 0 bridgehead atoms. The Balaban J connectivity index is 1.50. The van der Waals surface area contributed by atoms with Crippen LogP contribution in [0.4, 0.5) is 0 Å². The van der Waals surface area contributed by atoms with Crippen molar-refractivity contribution in [3.63, 3.8) is 0 Å². The normalized spacial score (nSPS) is 14.4. The number of benzene rings is 1. The maximum absolute atomic E-state index is 13.6. The lowest BCUT2D eigenvalue weighted by molar-refractivity contribution is 0.602. The molecule has 1 atom stereocenters. The zero-order valence-corrected chi connectivity index (χ0v) is 19.7. The van der Waals surface area contributed by atoms with Crippen LogP contribution in [0.1, 0.15) is 70.8 Å². The highest BCUT2D eigenvalue weighted by Crippen LogP contribution is 2.40. The van der Waals surface area contributed by atoms with Gasteiger partial charge in [-0.15, -0.1) is 0 Å². The standard InChI is InChI=1S/C28H30N4O/c1-18-9-25(14-29-13-18)21(4)32-16-26(23-6-7-23)12-24(28(32)33)11-22-5-8-27(19(2)10-22)31-15-20(3)30-17-31/h5,8-10,12-17,21,23H,6-7,11H2,1-4H3/t21-/m0/s1. The molecule has 1 saturated carbocycles. The van der Waals surface area contributed by atoms with Gasteiger partial charge in [0.15, 0.2) is 0 Å². The molecule has 3 heterocycles. The molecule has 5 heteroatoms. The first-order valence-corrected chi connectivity index (χ1v) is 11.7. The van der Waals surface area contributed by atoms with Crippen molar-refractivity contribution in [2.45, 2.75) is 58.9 Å². The fourth-order valence-electron chi connectivity index (χ4n) is 4.60. The lowest BCUT2D eigenvalue weighted by atomic mass is 10.00. The first kappa shape index (κ1) is 21.4. The number of aryl methyl sites for hydroxylation is 3. The molecule has 0 saturated heterocycles. The molecule has 0 amide bonds. The van der Waals surface area contributed by atoms with Crippen molar-refractivity contribution in [1.82, 2.24) is 19.1 Å². The summed E-state index contributed by atoms with van der Waals surface area (Å²) in [7, 11) is 0. The molecule has 0 radical (unpaired) electrons. The van der Waals surface area contributed by atoms with Gasteiger partial charge in [0.25, 0.3) is 5.56 Å². The molecule has 5 rings (SSSR count). The predicted octanol–water partition coefficient (Wildman–Crippen LogP) is 5.43. The Kier molecular flexibility index (Phi) is 5.49. The van der Waals surface area contributed by atoms with Crippen LogP contribution in [0.3, 0.4) is 0 Å². The van der Waals surface area contributed by atoms with E-state index >= 15 is 0 Å². The Morgan fingerprint density at radius 2 is 1.88 bits per heavy atom. The lowest BCUT2D eigenvalue weighted by Gasteiger charge is -2.19. The van der Waals surface area contributed by atoms with Crippen LogP contribution in [0, 0.1) is 20.8 Å². The summed E-state index contributed by atoms with van der Waals surface area (Å²) in [6.07, 6.45) is 12.7. The highest BCUT2D eigenvalue weighted by Gasteiger charge is 2.26. The molecule has 1 fully saturated rings. The molecule has 0 spiro atoms. The van der Waals surface area contributed by atoms with E-state index in [-0.39, 0.29) is 11.6 Å². The molecular formula is C28H30N4O. The average molecular weight is 439 g/mol. The first-order chi connectivity index (χ1) is 15.9. The van der Waals surface area contributed by atoms with Gasteiger partial charge in [0.1, 0.15) is 0 Å². The second kappa shape index (κ2) is 8.47. The van der Waals surface area contributed by atoms with E-state index in [0.717, 1.165) is 33.6 Å². The van der Waals surface area contributed by atoms with Crippen LogP contribution in [-0.4, -0.2) is 19.1 Å². The first-order valence-electron chi connectivity index (χ1n) is 11.7. The number of hydrogen-bond acceptors (Lipinski definition) is 3. The summed E-state index contributed by atoms with van der Waals surface area (Å²) in [5.41, 5.74) is 8.81. The molecular weight excluding hydrogens is 408 g/mol. The smallest absolute Gasteiger partial charge is 0.254 e. The summed E-state index contributed by atoms with van der Waals surface area (Å²) < 4.78 is 3.96. The molecule has 0 N–H and O–H groups in total. The van der Waals surface area contributed by atoms with Crippen molar-refractivity contribution in [1.29, 1.82) is 0 Å². The molecule has 33 heavy (non-hydrogen) atoms. The zero-order chi connectivity index (χ0) is 23.1. The molecule has 1 aliphatic rings. The quantitative estimate of drug-likeness (QED) is 0.403. The van der Waals surface area contributed by atoms with Crippen LogP contribution < -0.4 is 5.56 Å². The molecule has 0 unspecified atom stereocenters. The van der Waals surface area contributed by atoms with Crippen molar-refractivity contribution in [3.05, 3.63) is 111 Å². The summed E-state index contributed by atoms with van der Waals surface area (Å²) >= 11 is 0. The third kappa shape index (κ3) is 4.40. The van der Waals surface area contributed by atoms with E-state index in [1.807, 2.05) is 47.9 Å². The van der Waals surface area contributed by atoms with Crippen LogP contribution in [0.5, 0.6) is 0 Å². The molecule has 1 aromatic carbocycles. The number of aromatic nitrogens is 4. The minimum absolute atomic E-state index is 0.0593. The maximum Gasteiger partial charge on any atom is 0.254 e. The maximum atomic E-state index is 13.6. The third-order valence-corrected chi connectivity index (χ3v) is 6.63. The Morgan fingerprint density at radius 1 is 1.06 bits per heavy atom. The van der Waals surface area contributed by atoms with Gasteiger partial charge in [0.05, 0.1) is 18.1 Å². The number of nitrogens with zero attached hydrogens (tertiary/aromatic N) is 4. The van der Waals surface area contributed by atoms with E-state index in [4.69, 9.17) is 0 Å². The monoisotopic (exact) mass is 438 g/mol. The minimum atomic E-state index is -0.0593. The van der Waals surface area contributed by atoms with Crippen molar-refractivity contribution in [2.75, 3.05) is 0 Å². The molecule has 168 valence electrons. The summed E-state index contributed by atoms with van der Waals surface area (Å²) in [6, 6.07) is 10.6. The van der Waals surface area contributed by atoms with Gasteiger partial charge in [0.2, 0.25) is 0 Å². The van der Waals surface area contributed by atoms with Gasteiger partial charge in [-0.1, -0.05) is 18.2 Å². The summed E-state index contributed by atoms with van der Waals surface area (Å²) in [5, 5.41) is 0. The molecule has 1 aliphatic carbocycles.